The molecule has 0 aliphatic rings. The molecule has 134 valence electrons. The SMILES string of the molecule is CCN(CC)C(=O)c1ccc(NS(=O)(=O)c2ccc(F)cc2C)cc1. The molecule has 0 bridgehead atoms. The van der Waals surface area contributed by atoms with Crippen LogP contribution >= 0.6 is 0 Å². The first-order valence-electron chi connectivity index (χ1n) is 7.96. The molecular weight excluding hydrogens is 343 g/mol. The Morgan fingerprint density at radius 2 is 1.68 bits per heavy atom. The average Bonchev–Trinajstić information content (AvgIpc) is 2.55. The molecule has 2 rings (SSSR count). The molecule has 0 aliphatic carbocycles. The number of aryl methyl sites for hydroxylation is 1. The van der Waals surface area contributed by atoms with Crippen molar-refractivity contribution < 1.29 is 17.6 Å². The lowest BCUT2D eigenvalue weighted by Gasteiger charge is -2.18. The van der Waals surface area contributed by atoms with E-state index in [9.17, 15) is 17.6 Å². The molecule has 5 nitrogen and oxygen atoms in total. The maximum atomic E-state index is 13.2. The van der Waals surface area contributed by atoms with Gasteiger partial charge in [-0.1, -0.05) is 0 Å². The van der Waals surface area contributed by atoms with Crippen molar-refractivity contribution in [3.05, 3.63) is 59.4 Å². The largest absolute Gasteiger partial charge is 0.339 e. The number of rotatable bonds is 6. The quantitative estimate of drug-likeness (QED) is 0.854. The Kier molecular flexibility index (Phi) is 5.79. The number of carbonyl (C=O) groups is 1. The van der Waals surface area contributed by atoms with E-state index in [2.05, 4.69) is 4.72 Å². The molecule has 0 heterocycles. The smallest absolute Gasteiger partial charge is 0.262 e. The second-order valence-electron chi connectivity index (χ2n) is 5.57. The van der Waals surface area contributed by atoms with E-state index in [0.29, 0.717) is 29.9 Å². The lowest BCUT2D eigenvalue weighted by Crippen LogP contribution is -2.30. The van der Waals surface area contributed by atoms with Gasteiger partial charge < -0.3 is 4.90 Å². The number of nitrogens with one attached hydrogen (secondary N) is 1. The number of benzene rings is 2. The standard InChI is InChI=1S/C18H21FN2O3S/c1-4-21(5-2)18(22)14-6-9-16(10-7-14)20-25(23,24)17-11-8-15(19)12-13(17)3/h6-12,20H,4-5H2,1-3H3. The van der Waals surface area contributed by atoms with Crippen LogP contribution in [0.5, 0.6) is 0 Å². The second kappa shape index (κ2) is 7.65. The summed E-state index contributed by atoms with van der Waals surface area (Å²) < 4.78 is 40.5. The highest BCUT2D eigenvalue weighted by Gasteiger charge is 2.18. The number of anilines is 1. The fourth-order valence-electron chi connectivity index (χ4n) is 2.50. The fraction of sp³-hybridized carbons (Fsp3) is 0.278. The van der Waals surface area contributed by atoms with Crippen LogP contribution in [0, 0.1) is 12.7 Å². The zero-order valence-electron chi connectivity index (χ0n) is 14.4. The van der Waals surface area contributed by atoms with Gasteiger partial charge >= 0.3 is 0 Å². The molecule has 0 aliphatic heterocycles. The van der Waals surface area contributed by atoms with Gasteiger partial charge in [0, 0.05) is 24.3 Å². The van der Waals surface area contributed by atoms with Gasteiger partial charge in [-0.3, -0.25) is 9.52 Å². The molecule has 0 radical (unpaired) electrons. The number of hydrogen-bond acceptors (Lipinski definition) is 3. The van der Waals surface area contributed by atoms with Crippen LogP contribution in [0.3, 0.4) is 0 Å². The number of hydrogen-bond donors (Lipinski definition) is 1. The van der Waals surface area contributed by atoms with E-state index in [-0.39, 0.29) is 10.8 Å². The highest BCUT2D eigenvalue weighted by molar-refractivity contribution is 7.92. The van der Waals surface area contributed by atoms with Gasteiger partial charge in [0.25, 0.3) is 15.9 Å². The minimum absolute atomic E-state index is 0.0113. The molecule has 0 saturated carbocycles. The van der Waals surface area contributed by atoms with E-state index in [1.165, 1.54) is 31.2 Å². The molecule has 25 heavy (non-hydrogen) atoms. The van der Waals surface area contributed by atoms with Gasteiger partial charge in [-0.2, -0.15) is 0 Å². The summed E-state index contributed by atoms with van der Waals surface area (Å²) in [5.41, 5.74) is 1.14. The Hall–Kier alpha value is -2.41. The van der Waals surface area contributed by atoms with Crippen molar-refractivity contribution in [2.45, 2.75) is 25.7 Å². The minimum Gasteiger partial charge on any atom is -0.339 e. The zero-order valence-corrected chi connectivity index (χ0v) is 15.2. The van der Waals surface area contributed by atoms with E-state index in [0.717, 1.165) is 6.07 Å². The lowest BCUT2D eigenvalue weighted by atomic mass is 10.2. The Labute approximate surface area is 147 Å². The Morgan fingerprint density at radius 1 is 1.08 bits per heavy atom. The van der Waals surface area contributed by atoms with E-state index in [1.54, 1.807) is 17.0 Å². The average molecular weight is 364 g/mol. The third kappa shape index (κ3) is 4.36. The van der Waals surface area contributed by atoms with Crippen molar-refractivity contribution in [2.24, 2.45) is 0 Å². The Morgan fingerprint density at radius 3 is 2.20 bits per heavy atom. The molecule has 0 atom stereocenters. The first-order chi connectivity index (χ1) is 11.8. The molecule has 1 N–H and O–H groups in total. The van der Waals surface area contributed by atoms with Gasteiger partial charge in [0.05, 0.1) is 4.90 Å². The summed E-state index contributed by atoms with van der Waals surface area (Å²) >= 11 is 0. The first-order valence-corrected chi connectivity index (χ1v) is 9.45. The molecule has 0 unspecified atom stereocenters. The van der Waals surface area contributed by atoms with E-state index >= 15 is 0 Å². The van der Waals surface area contributed by atoms with Crippen molar-refractivity contribution in [3.63, 3.8) is 0 Å². The summed E-state index contributed by atoms with van der Waals surface area (Å²) in [6.45, 7) is 6.54. The van der Waals surface area contributed by atoms with Crippen LogP contribution in [0.2, 0.25) is 0 Å². The Balaban J connectivity index is 2.22. The molecular formula is C18H21FN2O3S. The predicted octanol–water partition coefficient (Wildman–Crippen LogP) is 3.42. The van der Waals surface area contributed by atoms with Gasteiger partial charge in [-0.15, -0.1) is 0 Å². The normalized spacial score (nSPS) is 11.2. The third-order valence-corrected chi connectivity index (χ3v) is 5.40. The molecule has 2 aromatic carbocycles. The van der Waals surface area contributed by atoms with E-state index in [1.807, 2.05) is 13.8 Å². The number of carbonyl (C=O) groups excluding carboxylic acids is 1. The summed E-state index contributed by atoms with van der Waals surface area (Å²) in [6, 6.07) is 9.73. The molecule has 1 amide bonds. The lowest BCUT2D eigenvalue weighted by molar-refractivity contribution is 0.0773. The summed E-state index contributed by atoms with van der Waals surface area (Å²) in [6.07, 6.45) is 0. The number of amides is 1. The third-order valence-electron chi connectivity index (χ3n) is 3.86. The van der Waals surface area contributed by atoms with E-state index in [4.69, 9.17) is 0 Å². The summed E-state index contributed by atoms with van der Waals surface area (Å²) in [4.78, 5) is 13.9. The molecule has 0 spiro atoms. The van der Waals surface area contributed by atoms with Crippen LogP contribution in [-0.2, 0) is 10.0 Å². The summed E-state index contributed by atoms with van der Waals surface area (Å²) in [5.74, 6) is -0.593. The number of halogens is 1. The number of sulfonamides is 1. The Bertz CT molecular complexity index is 860. The maximum Gasteiger partial charge on any atom is 0.262 e. The summed E-state index contributed by atoms with van der Waals surface area (Å²) in [5, 5.41) is 0. The monoisotopic (exact) mass is 364 g/mol. The van der Waals surface area contributed by atoms with Crippen LogP contribution in [0.1, 0.15) is 29.8 Å². The van der Waals surface area contributed by atoms with Gasteiger partial charge in [0.15, 0.2) is 0 Å². The van der Waals surface area contributed by atoms with Crippen molar-refractivity contribution in [1.82, 2.24) is 4.90 Å². The molecule has 0 fully saturated rings. The highest BCUT2D eigenvalue weighted by Crippen LogP contribution is 2.20. The molecule has 2 aromatic rings. The second-order valence-corrected chi connectivity index (χ2v) is 7.22. The molecule has 0 saturated heterocycles. The highest BCUT2D eigenvalue weighted by atomic mass is 32.2. The van der Waals surface area contributed by atoms with Crippen LogP contribution in [0.25, 0.3) is 0 Å². The maximum absolute atomic E-state index is 13.2. The predicted molar refractivity (Wildman–Crippen MR) is 95.6 cm³/mol. The van der Waals surface area contributed by atoms with Gasteiger partial charge in [-0.25, -0.2) is 12.8 Å². The van der Waals surface area contributed by atoms with Crippen LogP contribution < -0.4 is 4.72 Å². The number of nitrogens with zero attached hydrogens (tertiary/aromatic N) is 1. The minimum atomic E-state index is -3.83. The van der Waals surface area contributed by atoms with E-state index < -0.39 is 15.8 Å². The zero-order chi connectivity index (χ0) is 18.6. The van der Waals surface area contributed by atoms with Gasteiger partial charge in [-0.05, 0) is 68.8 Å². The van der Waals surface area contributed by atoms with Crippen molar-refractivity contribution >= 4 is 21.6 Å². The van der Waals surface area contributed by atoms with Gasteiger partial charge in [0.2, 0.25) is 0 Å². The van der Waals surface area contributed by atoms with Crippen molar-refractivity contribution in [3.8, 4) is 0 Å². The first kappa shape index (κ1) is 18.9. The van der Waals surface area contributed by atoms with Crippen LogP contribution in [-0.4, -0.2) is 32.3 Å². The van der Waals surface area contributed by atoms with Crippen molar-refractivity contribution in [1.29, 1.82) is 0 Å². The molecule has 7 heteroatoms. The fourth-order valence-corrected chi connectivity index (χ4v) is 3.79. The van der Waals surface area contributed by atoms with Crippen LogP contribution in [0.15, 0.2) is 47.4 Å². The summed E-state index contributed by atoms with van der Waals surface area (Å²) in [7, 11) is -3.83. The van der Waals surface area contributed by atoms with Crippen LogP contribution in [0.4, 0.5) is 10.1 Å². The molecule has 0 aromatic heterocycles. The van der Waals surface area contributed by atoms with Gasteiger partial charge in [0.1, 0.15) is 5.82 Å². The topological polar surface area (TPSA) is 66.5 Å². The van der Waals surface area contributed by atoms with Crippen molar-refractivity contribution in [2.75, 3.05) is 17.8 Å².